The lowest BCUT2D eigenvalue weighted by molar-refractivity contribution is -0.0129. The maximum Gasteiger partial charge on any atom is 0.254 e. The van der Waals surface area contributed by atoms with Gasteiger partial charge in [-0.25, -0.2) is 0 Å². The normalized spacial score (nSPS) is 20.0. The molecule has 0 unspecified atom stereocenters. The maximum absolute atomic E-state index is 12.4. The van der Waals surface area contributed by atoms with Crippen LogP contribution >= 0.6 is 0 Å². The average molecular weight is 329 g/mol. The van der Waals surface area contributed by atoms with E-state index >= 15 is 0 Å². The Morgan fingerprint density at radius 3 is 2.16 bits per heavy atom. The summed E-state index contributed by atoms with van der Waals surface area (Å²) < 4.78 is 0. The van der Waals surface area contributed by atoms with Gasteiger partial charge >= 0.3 is 0 Å². The molecular weight excluding hydrogens is 310 g/mol. The second-order valence-electron chi connectivity index (χ2n) is 6.42. The molecule has 3 heteroatoms. The maximum atomic E-state index is 12.4. The van der Waals surface area contributed by atoms with Gasteiger partial charge in [0.15, 0.2) is 5.72 Å². The fraction of sp³-hybridized carbons (Fsp3) is 0.136. The smallest absolute Gasteiger partial charge is 0.254 e. The van der Waals surface area contributed by atoms with Gasteiger partial charge in [0.05, 0.1) is 0 Å². The fourth-order valence-electron chi connectivity index (χ4n) is 3.64. The molecule has 1 aliphatic rings. The highest BCUT2D eigenvalue weighted by Gasteiger charge is 2.47. The Morgan fingerprint density at radius 1 is 0.840 bits per heavy atom. The quantitative estimate of drug-likeness (QED) is 0.768. The molecule has 0 bridgehead atoms. The molecule has 3 aromatic rings. The third kappa shape index (κ3) is 2.73. The Bertz CT molecular complexity index is 892. The van der Waals surface area contributed by atoms with Crippen LogP contribution in [0.15, 0.2) is 84.9 Å². The molecule has 3 aromatic carbocycles. The van der Waals surface area contributed by atoms with Gasteiger partial charge < -0.3 is 10.4 Å². The molecule has 4 rings (SSSR count). The van der Waals surface area contributed by atoms with E-state index in [1.165, 1.54) is 0 Å². The molecule has 25 heavy (non-hydrogen) atoms. The van der Waals surface area contributed by atoms with E-state index in [-0.39, 0.29) is 11.8 Å². The highest BCUT2D eigenvalue weighted by Crippen LogP contribution is 2.42. The van der Waals surface area contributed by atoms with Gasteiger partial charge in [0, 0.05) is 17.0 Å². The third-order valence-corrected chi connectivity index (χ3v) is 4.88. The predicted molar refractivity (Wildman–Crippen MR) is 97.1 cm³/mol. The van der Waals surface area contributed by atoms with Crippen LogP contribution in [-0.2, 0) is 12.1 Å². The van der Waals surface area contributed by atoms with Crippen LogP contribution in [0.1, 0.15) is 33.0 Å². The second kappa shape index (κ2) is 6.19. The first kappa shape index (κ1) is 15.6. The lowest BCUT2D eigenvalue weighted by Crippen LogP contribution is -2.45. The van der Waals surface area contributed by atoms with E-state index in [0.717, 1.165) is 11.1 Å². The summed E-state index contributed by atoms with van der Waals surface area (Å²) in [6.45, 7) is 0. The summed E-state index contributed by atoms with van der Waals surface area (Å²) in [5.41, 5.74) is 1.86. The van der Waals surface area contributed by atoms with Gasteiger partial charge in [-0.1, -0.05) is 78.9 Å². The Kier molecular flexibility index (Phi) is 3.86. The van der Waals surface area contributed by atoms with Crippen molar-refractivity contribution < 1.29 is 9.90 Å². The van der Waals surface area contributed by atoms with Gasteiger partial charge in [-0.15, -0.1) is 0 Å². The minimum atomic E-state index is -1.43. The highest BCUT2D eigenvalue weighted by molar-refractivity contribution is 5.99. The zero-order chi connectivity index (χ0) is 17.3. The number of hydrogen-bond acceptors (Lipinski definition) is 2. The zero-order valence-corrected chi connectivity index (χ0v) is 13.7. The van der Waals surface area contributed by atoms with E-state index in [1.807, 2.05) is 78.9 Å². The van der Waals surface area contributed by atoms with Crippen molar-refractivity contribution in [3.8, 4) is 0 Å². The van der Waals surface area contributed by atoms with Crippen LogP contribution in [0.25, 0.3) is 0 Å². The Balaban J connectivity index is 1.83. The zero-order valence-electron chi connectivity index (χ0n) is 13.7. The van der Waals surface area contributed by atoms with Crippen LogP contribution in [0.3, 0.4) is 0 Å². The van der Waals surface area contributed by atoms with Crippen molar-refractivity contribution in [2.75, 3.05) is 0 Å². The van der Waals surface area contributed by atoms with Crippen molar-refractivity contribution in [3.05, 3.63) is 107 Å². The standard InChI is InChI=1S/C22H19NO2/c24-21-18-13-7-8-14-19(18)22(25,23-21)20(17-11-5-2-6-12-17)15-16-9-3-1-4-10-16/h1-14,20,25H,15H2,(H,23,24)/t20-,22+/m1/s1. The molecule has 2 atom stereocenters. The Morgan fingerprint density at radius 2 is 1.44 bits per heavy atom. The first-order valence-electron chi connectivity index (χ1n) is 8.42. The predicted octanol–water partition coefficient (Wildman–Crippen LogP) is 3.60. The van der Waals surface area contributed by atoms with E-state index in [9.17, 15) is 9.90 Å². The molecule has 0 saturated carbocycles. The molecule has 0 spiro atoms. The van der Waals surface area contributed by atoms with Crippen molar-refractivity contribution in [1.82, 2.24) is 5.32 Å². The molecule has 1 heterocycles. The van der Waals surface area contributed by atoms with Crippen molar-refractivity contribution >= 4 is 5.91 Å². The minimum Gasteiger partial charge on any atom is -0.366 e. The summed E-state index contributed by atoms with van der Waals surface area (Å²) in [5.74, 6) is -0.518. The van der Waals surface area contributed by atoms with Crippen molar-refractivity contribution in [1.29, 1.82) is 0 Å². The Labute approximate surface area is 147 Å². The van der Waals surface area contributed by atoms with Gasteiger partial charge in [0.1, 0.15) is 0 Å². The Hall–Kier alpha value is -2.91. The van der Waals surface area contributed by atoms with Gasteiger partial charge in [-0.2, -0.15) is 0 Å². The lowest BCUT2D eigenvalue weighted by atomic mass is 9.80. The van der Waals surface area contributed by atoms with Crippen molar-refractivity contribution in [2.45, 2.75) is 18.1 Å². The summed E-state index contributed by atoms with van der Waals surface area (Å²) in [6, 6.07) is 27.2. The number of fused-ring (bicyclic) bond motifs is 1. The lowest BCUT2D eigenvalue weighted by Gasteiger charge is -2.34. The largest absolute Gasteiger partial charge is 0.366 e. The van der Waals surface area contributed by atoms with Crippen LogP contribution in [0.5, 0.6) is 0 Å². The second-order valence-corrected chi connectivity index (χ2v) is 6.42. The molecule has 1 amide bonds. The number of hydrogen-bond donors (Lipinski definition) is 2. The van der Waals surface area contributed by atoms with Gasteiger partial charge in [-0.05, 0) is 23.6 Å². The summed E-state index contributed by atoms with van der Waals surface area (Å²) in [7, 11) is 0. The van der Waals surface area contributed by atoms with E-state index < -0.39 is 5.72 Å². The summed E-state index contributed by atoms with van der Waals surface area (Å²) in [6.07, 6.45) is 0.621. The van der Waals surface area contributed by atoms with Crippen LogP contribution < -0.4 is 5.32 Å². The molecule has 0 aromatic heterocycles. The molecule has 0 radical (unpaired) electrons. The molecule has 124 valence electrons. The monoisotopic (exact) mass is 329 g/mol. The number of carbonyl (C=O) groups is 1. The number of amides is 1. The number of carbonyl (C=O) groups excluding carboxylic acids is 1. The summed E-state index contributed by atoms with van der Waals surface area (Å²) in [5, 5.41) is 14.4. The van der Waals surface area contributed by atoms with E-state index in [2.05, 4.69) is 5.32 Å². The topological polar surface area (TPSA) is 49.3 Å². The first-order valence-corrected chi connectivity index (χ1v) is 8.42. The average Bonchev–Trinajstić information content (AvgIpc) is 2.93. The summed E-state index contributed by atoms with van der Waals surface area (Å²) >= 11 is 0. The van der Waals surface area contributed by atoms with Crippen molar-refractivity contribution in [3.63, 3.8) is 0 Å². The molecule has 1 aliphatic heterocycles. The van der Waals surface area contributed by atoms with Crippen molar-refractivity contribution in [2.24, 2.45) is 0 Å². The van der Waals surface area contributed by atoms with Crippen LogP contribution in [0, 0.1) is 0 Å². The minimum absolute atomic E-state index is 0.230. The molecule has 2 N–H and O–H groups in total. The van der Waals surface area contributed by atoms with Crippen LogP contribution in [0.2, 0.25) is 0 Å². The molecule has 0 fully saturated rings. The van der Waals surface area contributed by atoms with Crippen LogP contribution in [0.4, 0.5) is 0 Å². The molecule has 3 nitrogen and oxygen atoms in total. The molecule has 0 aliphatic carbocycles. The van der Waals surface area contributed by atoms with E-state index in [0.29, 0.717) is 17.5 Å². The molecular formula is C22H19NO2. The third-order valence-electron chi connectivity index (χ3n) is 4.88. The fourth-order valence-corrected chi connectivity index (χ4v) is 3.64. The van der Waals surface area contributed by atoms with E-state index in [1.54, 1.807) is 6.07 Å². The van der Waals surface area contributed by atoms with Crippen LogP contribution in [-0.4, -0.2) is 11.0 Å². The summed E-state index contributed by atoms with van der Waals surface area (Å²) in [4.78, 5) is 12.4. The molecule has 0 saturated heterocycles. The number of aliphatic hydroxyl groups is 1. The SMILES string of the molecule is O=C1N[C@@](O)([C@H](Cc2ccccc2)c2ccccc2)c2ccccc21. The van der Waals surface area contributed by atoms with E-state index in [4.69, 9.17) is 0 Å². The first-order chi connectivity index (χ1) is 12.2. The van der Waals surface area contributed by atoms with Gasteiger partial charge in [0.2, 0.25) is 0 Å². The number of rotatable bonds is 4. The number of benzene rings is 3. The van der Waals surface area contributed by atoms with Gasteiger partial charge in [0.25, 0.3) is 5.91 Å². The number of nitrogens with one attached hydrogen (secondary N) is 1. The van der Waals surface area contributed by atoms with Gasteiger partial charge in [-0.3, -0.25) is 4.79 Å². The highest BCUT2D eigenvalue weighted by atomic mass is 16.3.